The number of amides is 1. The smallest absolute Gasteiger partial charge is 0.412 e. The summed E-state index contributed by atoms with van der Waals surface area (Å²) >= 11 is 0. The first-order valence-electron chi connectivity index (χ1n) is 10.7. The molecule has 172 valence electrons. The third-order valence-corrected chi connectivity index (χ3v) is 5.93. The monoisotopic (exact) mass is 455 g/mol. The summed E-state index contributed by atoms with van der Waals surface area (Å²) in [5, 5.41) is 9.90. The van der Waals surface area contributed by atoms with E-state index in [-0.39, 0.29) is 19.0 Å². The lowest BCUT2D eigenvalue weighted by Crippen LogP contribution is -2.34. The molecule has 5 rings (SSSR count). The molecule has 0 aliphatic carbocycles. The number of ether oxygens (including phenoxy) is 2. The highest BCUT2D eigenvalue weighted by Gasteiger charge is 2.35. The molecule has 33 heavy (non-hydrogen) atoms. The van der Waals surface area contributed by atoms with Crippen molar-refractivity contribution in [2.45, 2.75) is 19.0 Å². The van der Waals surface area contributed by atoms with E-state index in [0.717, 1.165) is 11.3 Å². The molecule has 0 saturated carbocycles. The Kier molecular flexibility index (Phi) is 5.45. The zero-order chi connectivity index (χ0) is 23.0. The Morgan fingerprint density at radius 3 is 2.91 bits per heavy atom. The maximum atomic E-state index is 15.0. The normalized spacial score (nSPS) is 19.5. The number of aromatic nitrogens is 2. The number of benzene rings is 1. The van der Waals surface area contributed by atoms with E-state index in [1.165, 1.54) is 12.3 Å². The molecule has 1 saturated heterocycles. The Hall–Kier alpha value is -3.53. The lowest BCUT2D eigenvalue weighted by Gasteiger charge is -2.21. The summed E-state index contributed by atoms with van der Waals surface area (Å²) in [7, 11) is 0. The highest BCUT2D eigenvalue weighted by Crippen LogP contribution is 2.37. The minimum absolute atomic E-state index is 0.154. The van der Waals surface area contributed by atoms with Gasteiger partial charge in [0.2, 0.25) is 5.88 Å². The average Bonchev–Trinajstić information content (AvgIpc) is 3.25. The molecule has 4 heterocycles. The number of nitrogens with zero attached hydrogens (tertiary/aromatic N) is 2. The molecule has 0 radical (unpaired) electrons. The van der Waals surface area contributed by atoms with Crippen LogP contribution in [-0.2, 0) is 4.74 Å². The van der Waals surface area contributed by atoms with E-state index in [9.17, 15) is 13.6 Å². The first kappa shape index (κ1) is 21.3. The van der Waals surface area contributed by atoms with Gasteiger partial charge in [0.25, 0.3) is 0 Å². The lowest BCUT2D eigenvalue weighted by molar-refractivity contribution is 0.0684. The number of carbonyl (C=O) groups excluding carboxylic acids is 1. The molecular weight excluding hydrogens is 432 g/mol. The first-order valence-corrected chi connectivity index (χ1v) is 10.7. The molecule has 0 bridgehead atoms. The van der Waals surface area contributed by atoms with Gasteiger partial charge in [0, 0.05) is 42.0 Å². The van der Waals surface area contributed by atoms with Crippen LogP contribution in [0.2, 0.25) is 0 Å². The summed E-state index contributed by atoms with van der Waals surface area (Å²) in [4.78, 5) is 20.6. The molecule has 1 aromatic carbocycles. The molecule has 1 fully saturated rings. The Bertz CT molecular complexity index is 1230. The number of nitrogens with one attached hydrogen (secondary N) is 3. The summed E-state index contributed by atoms with van der Waals surface area (Å²) in [6.45, 7) is 3.43. The third kappa shape index (κ3) is 4.25. The van der Waals surface area contributed by atoms with Crippen LogP contribution in [0, 0.1) is 12.7 Å². The van der Waals surface area contributed by atoms with Crippen LogP contribution in [0.5, 0.6) is 5.88 Å². The Morgan fingerprint density at radius 1 is 1.21 bits per heavy atom. The maximum Gasteiger partial charge on any atom is 0.412 e. The molecule has 3 aromatic rings. The zero-order valence-corrected chi connectivity index (χ0v) is 18.0. The van der Waals surface area contributed by atoms with E-state index in [0.29, 0.717) is 53.9 Å². The topological polar surface area (TPSA) is 97.4 Å². The lowest BCUT2D eigenvalue weighted by atomic mass is 9.98. The molecule has 2 aliphatic heterocycles. The van der Waals surface area contributed by atoms with Gasteiger partial charge in [-0.2, -0.15) is 0 Å². The molecule has 2 aromatic heterocycles. The van der Waals surface area contributed by atoms with E-state index < -0.39 is 17.6 Å². The van der Waals surface area contributed by atoms with Gasteiger partial charge < -0.3 is 20.1 Å². The first-order chi connectivity index (χ1) is 15.9. The quantitative estimate of drug-likeness (QED) is 0.551. The van der Waals surface area contributed by atoms with E-state index >= 15 is 0 Å². The number of carbonyl (C=O) groups is 1. The predicted octanol–water partition coefficient (Wildman–Crippen LogP) is 3.80. The van der Waals surface area contributed by atoms with Gasteiger partial charge in [0.05, 0.1) is 0 Å². The van der Waals surface area contributed by atoms with Crippen molar-refractivity contribution < 1.29 is 23.0 Å². The number of anilines is 2. The molecule has 1 amide bonds. The van der Waals surface area contributed by atoms with Crippen molar-refractivity contribution in [3.05, 3.63) is 42.0 Å². The van der Waals surface area contributed by atoms with Crippen molar-refractivity contribution >= 4 is 28.4 Å². The molecule has 2 aliphatic rings. The molecular formula is C23H23F2N5O3. The fourth-order valence-corrected chi connectivity index (χ4v) is 4.11. The maximum absolute atomic E-state index is 15.0. The molecule has 1 atom stereocenters. The van der Waals surface area contributed by atoms with Crippen LogP contribution in [-0.4, -0.2) is 54.6 Å². The van der Waals surface area contributed by atoms with Crippen molar-refractivity contribution in [3.8, 4) is 17.0 Å². The highest BCUT2D eigenvalue weighted by atomic mass is 19.1. The Labute approximate surface area is 188 Å². The molecule has 0 unspecified atom stereocenters. The summed E-state index contributed by atoms with van der Waals surface area (Å²) in [5.74, 6) is 0.309. The van der Waals surface area contributed by atoms with Crippen LogP contribution in [0.1, 0.15) is 12.0 Å². The molecule has 10 heteroatoms. The second-order valence-corrected chi connectivity index (χ2v) is 8.28. The summed E-state index contributed by atoms with van der Waals surface area (Å²) in [6, 6.07) is 4.69. The van der Waals surface area contributed by atoms with Crippen LogP contribution in [0.4, 0.5) is 25.1 Å². The fourth-order valence-electron chi connectivity index (χ4n) is 4.11. The van der Waals surface area contributed by atoms with Crippen molar-refractivity contribution in [1.82, 2.24) is 15.3 Å². The average molecular weight is 455 g/mol. The van der Waals surface area contributed by atoms with Gasteiger partial charge in [-0.1, -0.05) is 0 Å². The SMILES string of the molecule is Cc1c(-c2cc3cc(NC(=O)OC[C@@]4(F)CCNC4)ncc3cc2F)cnc2c1NCCO2. The molecule has 8 nitrogen and oxygen atoms in total. The van der Waals surface area contributed by atoms with Gasteiger partial charge in [-0.05, 0) is 49.0 Å². The number of hydrogen-bond donors (Lipinski definition) is 3. The number of rotatable bonds is 4. The predicted molar refractivity (Wildman–Crippen MR) is 120 cm³/mol. The van der Waals surface area contributed by atoms with Gasteiger partial charge in [-0.15, -0.1) is 0 Å². The largest absolute Gasteiger partial charge is 0.474 e. The van der Waals surface area contributed by atoms with Crippen molar-refractivity contribution in [3.63, 3.8) is 0 Å². The minimum Gasteiger partial charge on any atom is -0.474 e. The second-order valence-electron chi connectivity index (χ2n) is 8.28. The van der Waals surface area contributed by atoms with Crippen molar-refractivity contribution in [2.75, 3.05) is 43.5 Å². The van der Waals surface area contributed by atoms with Crippen molar-refractivity contribution in [1.29, 1.82) is 0 Å². The summed E-state index contributed by atoms with van der Waals surface area (Å²) in [6.07, 6.45) is 2.55. The van der Waals surface area contributed by atoms with E-state index in [1.807, 2.05) is 6.92 Å². The molecule has 3 N–H and O–H groups in total. The van der Waals surface area contributed by atoms with Crippen LogP contribution in [0.3, 0.4) is 0 Å². The van der Waals surface area contributed by atoms with Crippen LogP contribution < -0.4 is 20.7 Å². The summed E-state index contributed by atoms with van der Waals surface area (Å²) < 4.78 is 39.9. The standard InChI is InChI=1S/C23H23F2N5O3/c1-13-17(10-29-21-20(13)27-4-5-32-21)16-6-14-8-19(28-9-15(14)7-18(16)24)30-22(31)33-12-23(25)2-3-26-11-23/h6-10,26-27H,2-5,11-12H2,1H3,(H,28,30,31)/t23-/m1/s1. The second kappa shape index (κ2) is 8.43. The number of alkyl halides is 1. The third-order valence-electron chi connectivity index (χ3n) is 5.93. The number of fused-ring (bicyclic) bond motifs is 2. The fraction of sp³-hybridized carbons (Fsp3) is 0.348. The van der Waals surface area contributed by atoms with Gasteiger partial charge in [-0.3, -0.25) is 5.32 Å². The zero-order valence-electron chi connectivity index (χ0n) is 18.0. The molecule has 0 spiro atoms. The summed E-state index contributed by atoms with van der Waals surface area (Å²) in [5.41, 5.74) is 1.03. The van der Waals surface area contributed by atoms with Gasteiger partial charge in [0.1, 0.15) is 30.5 Å². The van der Waals surface area contributed by atoms with Crippen LogP contribution >= 0.6 is 0 Å². The van der Waals surface area contributed by atoms with Gasteiger partial charge >= 0.3 is 6.09 Å². The highest BCUT2D eigenvalue weighted by molar-refractivity contribution is 5.92. The van der Waals surface area contributed by atoms with E-state index in [2.05, 4.69) is 25.9 Å². The van der Waals surface area contributed by atoms with Crippen molar-refractivity contribution in [2.24, 2.45) is 0 Å². The number of halogens is 2. The van der Waals surface area contributed by atoms with E-state index in [4.69, 9.17) is 9.47 Å². The number of hydrogen-bond acceptors (Lipinski definition) is 7. The van der Waals surface area contributed by atoms with Crippen LogP contribution in [0.15, 0.2) is 30.6 Å². The van der Waals surface area contributed by atoms with Gasteiger partial charge in [0.15, 0.2) is 5.67 Å². The van der Waals surface area contributed by atoms with Crippen LogP contribution in [0.25, 0.3) is 21.9 Å². The Morgan fingerprint density at radius 2 is 2.09 bits per heavy atom. The van der Waals surface area contributed by atoms with Gasteiger partial charge in [-0.25, -0.2) is 23.5 Å². The Balaban J connectivity index is 1.40. The van der Waals surface area contributed by atoms with E-state index in [1.54, 1.807) is 18.3 Å². The number of pyridine rings is 2. The minimum atomic E-state index is -1.55.